The fourth-order valence-corrected chi connectivity index (χ4v) is 2.93. The lowest BCUT2D eigenvalue weighted by molar-refractivity contribution is 0.414. The lowest BCUT2D eigenvalue weighted by Gasteiger charge is -2.02. The summed E-state index contributed by atoms with van der Waals surface area (Å²) in [6, 6.07) is 15.1. The molecule has 4 rings (SSSR count). The lowest BCUT2D eigenvalue weighted by Crippen LogP contribution is -1.99. The van der Waals surface area contributed by atoms with Crippen LogP contribution in [0.15, 0.2) is 62.2 Å². The van der Waals surface area contributed by atoms with E-state index in [0.717, 1.165) is 16.5 Å². The minimum absolute atomic E-state index is 0.406. The normalized spacial score (nSPS) is 11.2. The van der Waals surface area contributed by atoms with Crippen LogP contribution in [-0.4, -0.2) is 7.11 Å². The highest BCUT2D eigenvalue weighted by Crippen LogP contribution is 2.36. The highest BCUT2D eigenvalue weighted by atomic mass is 16.5. The molecule has 2 aromatic carbocycles. The largest absolute Gasteiger partial charge is 0.497 e. The molecule has 0 saturated heterocycles. The molecule has 0 bridgehead atoms. The summed E-state index contributed by atoms with van der Waals surface area (Å²) < 4.78 is 16.6. The van der Waals surface area contributed by atoms with Crippen molar-refractivity contribution in [2.75, 3.05) is 7.11 Å². The molecule has 2 aromatic heterocycles. The van der Waals surface area contributed by atoms with E-state index in [1.165, 1.54) is 0 Å². The van der Waals surface area contributed by atoms with Crippen molar-refractivity contribution in [2.45, 2.75) is 6.92 Å². The van der Waals surface area contributed by atoms with Gasteiger partial charge in [0.1, 0.15) is 22.5 Å². The molecule has 0 amide bonds. The molecule has 0 saturated carbocycles. The molecule has 0 aliphatic carbocycles. The second-order valence-electron chi connectivity index (χ2n) is 5.36. The molecule has 4 heteroatoms. The van der Waals surface area contributed by atoms with Gasteiger partial charge in [-0.25, -0.2) is 4.79 Å². The molecule has 0 spiro atoms. The van der Waals surface area contributed by atoms with Gasteiger partial charge in [-0.15, -0.1) is 0 Å². The second kappa shape index (κ2) is 5.02. The van der Waals surface area contributed by atoms with Crippen molar-refractivity contribution in [2.24, 2.45) is 0 Å². The van der Waals surface area contributed by atoms with Crippen LogP contribution >= 0.6 is 0 Å². The van der Waals surface area contributed by atoms with Crippen LogP contribution in [0.3, 0.4) is 0 Å². The van der Waals surface area contributed by atoms with Crippen molar-refractivity contribution in [1.29, 1.82) is 0 Å². The summed E-state index contributed by atoms with van der Waals surface area (Å²) in [6.45, 7) is 1.86. The zero-order valence-corrected chi connectivity index (χ0v) is 12.8. The standard InChI is InChI=1S/C19H14O4/c1-11-16(12-6-4-3-5-7-12)17-18(22-11)14-9-8-13(21-2)10-15(14)23-19(17)20/h3-10H,1-2H3. The molecule has 0 aliphatic heterocycles. The minimum Gasteiger partial charge on any atom is -0.497 e. The number of fused-ring (bicyclic) bond motifs is 3. The van der Waals surface area contributed by atoms with E-state index in [1.807, 2.05) is 49.4 Å². The fourth-order valence-electron chi connectivity index (χ4n) is 2.93. The number of ether oxygens (including phenoxy) is 1. The third kappa shape index (κ3) is 2.03. The number of rotatable bonds is 2. The van der Waals surface area contributed by atoms with E-state index in [2.05, 4.69) is 0 Å². The number of methoxy groups -OCH3 is 1. The van der Waals surface area contributed by atoms with Gasteiger partial charge in [0.2, 0.25) is 0 Å². The molecule has 114 valence electrons. The molecular weight excluding hydrogens is 292 g/mol. The van der Waals surface area contributed by atoms with Gasteiger partial charge in [-0.3, -0.25) is 0 Å². The Morgan fingerprint density at radius 2 is 1.78 bits per heavy atom. The molecule has 4 aromatic rings. The summed E-state index contributed by atoms with van der Waals surface area (Å²) in [5.74, 6) is 1.33. The summed E-state index contributed by atoms with van der Waals surface area (Å²) in [4.78, 5) is 12.5. The van der Waals surface area contributed by atoms with Gasteiger partial charge in [0.05, 0.1) is 12.5 Å². The quantitative estimate of drug-likeness (QED) is 0.511. The predicted molar refractivity (Wildman–Crippen MR) is 89.0 cm³/mol. The SMILES string of the molecule is COc1ccc2c(c1)oc(=O)c1c(-c3ccccc3)c(C)oc12. The summed E-state index contributed by atoms with van der Waals surface area (Å²) in [5, 5.41) is 1.23. The predicted octanol–water partition coefficient (Wildman–Crippen LogP) is 4.52. The average molecular weight is 306 g/mol. The Bertz CT molecular complexity index is 1070. The van der Waals surface area contributed by atoms with Crippen LogP contribution in [0.5, 0.6) is 5.75 Å². The number of aryl methyl sites for hydroxylation is 1. The third-order valence-electron chi connectivity index (χ3n) is 3.99. The lowest BCUT2D eigenvalue weighted by atomic mass is 10.0. The topological polar surface area (TPSA) is 52.6 Å². The van der Waals surface area contributed by atoms with E-state index in [1.54, 1.807) is 13.2 Å². The molecule has 4 nitrogen and oxygen atoms in total. The van der Waals surface area contributed by atoms with Gasteiger partial charge in [-0.2, -0.15) is 0 Å². The Kier molecular flexibility index (Phi) is 2.98. The fraction of sp³-hybridized carbons (Fsp3) is 0.105. The van der Waals surface area contributed by atoms with E-state index in [-0.39, 0.29) is 0 Å². The van der Waals surface area contributed by atoms with Crippen LogP contribution in [0.1, 0.15) is 5.76 Å². The molecule has 0 N–H and O–H groups in total. The van der Waals surface area contributed by atoms with Gasteiger partial charge in [0.15, 0.2) is 5.58 Å². The highest BCUT2D eigenvalue weighted by Gasteiger charge is 2.20. The van der Waals surface area contributed by atoms with Gasteiger partial charge in [0.25, 0.3) is 0 Å². The first-order valence-corrected chi connectivity index (χ1v) is 7.28. The second-order valence-corrected chi connectivity index (χ2v) is 5.36. The van der Waals surface area contributed by atoms with E-state index >= 15 is 0 Å². The maximum Gasteiger partial charge on any atom is 0.348 e. The minimum atomic E-state index is -0.406. The summed E-state index contributed by atoms with van der Waals surface area (Å²) in [5.41, 5.74) is 2.32. The first-order chi connectivity index (χ1) is 11.2. The molecule has 2 heterocycles. The maximum absolute atomic E-state index is 12.5. The van der Waals surface area contributed by atoms with Crippen molar-refractivity contribution in [3.8, 4) is 16.9 Å². The van der Waals surface area contributed by atoms with Crippen molar-refractivity contribution in [3.05, 3.63) is 64.7 Å². The van der Waals surface area contributed by atoms with E-state index < -0.39 is 5.63 Å². The van der Waals surface area contributed by atoms with Crippen molar-refractivity contribution in [1.82, 2.24) is 0 Å². The molecule has 0 fully saturated rings. The first kappa shape index (κ1) is 13.6. The van der Waals surface area contributed by atoms with E-state index in [0.29, 0.717) is 28.1 Å². The van der Waals surface area contributed by atoms with Crippen LogP contribution in [0.4, 0.5) is 0 Å². The number of furan rings is 1. The Balaban J connectivity index is 2.14. The molecule has 0 atom stereocenters. The first-order valence-electron chi connectivity index (χ1n) is 7.28. The average Bonchev–Trinajstić information content (AvgIpc) is 2.93. The van der Waals surface area contributed by atoms with Gasteiger partial charge < -0.3 is 13.6 Å². The zero-order chi connectivity index (χ0) is 16.0. The van der Waals surface area contributed by atoms with Crippen molar-refractivity contribution in [3.63, 3.8) is 0 Å². The Labute approximate surface area is 131 Å². The Morgan fingerprint density at radius 3 is 2.52 bits per heavy atom. The zero-order valence-electron chi connectivity index (χ0n) is 12.8. The van der Waals surface area contributed by atoms with Crippen LogP contribution in [0.2, 0.25) is 0 Å². The van der Waals surface area contributed by atoms with E-state index in [4.69, 9.17) is 13.6 Å². The number of hydrogen-bond acceptors (Lipinski definition) is 4. The summed E-state index contributed by atoms with van der Waals surface area (Å²) in [6.07, 6.45) is 0. The monoisotopic (exact) mass is 306 g/mol. The maximum atomic E-state index is 12.5. The van der Waals surface area contributed by atoms with Crippen molar-refractivity contribution < 1.29 is 13.6 Å². The molecule has 23 heavy (non-hydrogen) atoms. The van der Waals surface area contributed by atoms with Gasteiger partial charge in [-0.05, 0) is 24.6 Å². The summed E-state index contributed by atoms with van der Waals surface area (Å²) >= 11 is 0. The van der Waals surface area contributed by atoms with Crippen LogP contribution in [0, 0.1) is 6.92 Å². The van der Waals surface area contributed by atoms with Crippen LogP contribution < -0.4 is 10.4 Å². The Hall–Kier alpha value is -3.01. The Morgan fingerprint density at radius 1 is 1.00 bits per heavy atom. The number of hydrogen-bond donors (Lipinski definition) is 0. The van der Waals surface area contributed by atoms with Gasteiger partial charge in [0, 0.05) is 11.6 Å². The van der Waals surface area contributed by atoms with Crippen molar-refractivity contribution >= 4 is 21.9 Å². The molecule has 0 unspecified atom stereocenters. The third-order valence-corrected chi connectivity index (χ3v) is 3.99. The van der Waals surface area contributed by atoms with Crippen LogP contribution in [-0.2, 0) is 0 Å². The smallest absolute Gasteiger partial charge is 0.348 e. The van der Waals surface area contributed by atoms with Gasteiger partial charge >= 0.3 is 5.63 Å². The molecular formula is C19H14O4. The van der Waals surface area contributed by atoms with Gasteiger partial charge in [-0.1, -0.05) is 30.3 Å². The molecule has 0 aliphatic rings. The van der Waals surface area contributed by atoms with E-state index in [9.17, 15) is 4.79 Å². The summed E-state index contributed by atoms with van der Waals surface area (Å²) in [7, 11) is 1.57. The number of benzene rings is 2. The highest BCUT2D eigenvalue weighted by molar-refractivity contribution is 6.07. The molecule has 0 radical (unpaired) electrons. The van der Waals surface area contributed by atoms with Crippen LogP contribution in [0.25, 0.3) is 33.1 Å².